The van der Waals surface area contributed by atoms with Crippen molar-refractivity contribution in [3.63, 3.8) is 0 Å². The van der Waals surface area contributed by atoms with Crippen LogP contribution in [0.1, 0.15) is 25.0 Å². The van der Waals surface area contributed by atoms with E-state index >= 15 is 0 Å². The number of benzene rings is 1. The summed E-state index contributed by atoms with van der Waals surface area (Å²) < 4.78 is 12.7. The molecule has 2 unspecified atom stereocenters. The van der Waals surface area contributed by atoms with Crippen LogP contribution in [0, 0.1) is 5.82 Å². The summed E-state index contributed by atoms with van der Waals surface area (Å²) in [5.74, 6) is -0.289. The van der Waals surface area contributed by atoms with Gasteiger partial charge in [0.25, 0.3) is 0 Å². The van der Waals surface area contributed by atoms with Crippen LogP contribution in [0.4, 0.5) is 4.39 Å². The lowest BCUT2D eigenvalue weighted by Crippen LogP contribution is -2.34. The third kappa shape index (κ3) is 3.43. The van der Waals surface area contributed by atoms with Crippen molar-refractivity contribution >= 4 is 0 Å². The van der Waals surface area contributed by atoms with Gasteiger partial charge in [0.15, 0.2) is 0 Å². The Morgan fingerprint density at radius 3 is 2.56 bits per heavy atom. The van der Waals surface area contributed by atoms with E-state index in [0.717, 1.165) is 12.0 Å². The number of halogens is 1. The molecule has 0 saturated heterocycles. The summed E-state index contributed by atoms with van der Waals surface area (Å²) in [6.07, 6.45) is 1.93. The van der Waals surface area contributed by atoms with E-state index in [0.29, 0.717) is 6.54 Å². The Balaban J connectivity index is 2.69. The van der Waals surface area contributed by atoms with Gasteiger partial charge in [-0.3, -0.25) is 0 Å². The maximum atomic E-state index is 12.7. The van der Waals surface area contributed by atoms with Crippen molar-refractivity contribution in [2.75, 3.05) is 6.54 Å². The van der Waals surface area contributed by atoms with Gasteiger partial charge in [-0.25, -0.2) is 4.39 Å². The van der Waals surface area contributed by atoms with Crippen LogP contribution in [0.25, 0.3) is 0 Å². The lowest BCUT2D eigenvalue weighted by molar-refractivity contribution is 0.128. The summed E-state index contributed by atoms with van der Waals surface area (Å²) in [4.78, 5) is 0. The van der Waals surface area contributed by atoms with E-state index in [-0.39, 0.29) is 11.9 Å². The Hall–Kier alpha value is -1.19. The Morgan fingerprint density at radius 2 is 2.06 bits per heavy atom. The van der Waals surface area contributed by atoms with Crippen molar-refractivity contribution < 1.29 is 9.50 Å². The first kappa shape index (κ1) is 12.9. The van der Waals surface area contributed by atoms with Crippen LogP contribution in [0.3, 0.4) is 0 Å². The molecule has 0 spiro atoms. The standard InChI is InChI=1S/C13H18FNO/c1-3-9-15-12(4-2)13(16)10-5-7-11(14)8-6-10/h3,5-8,12-13,15-16H,1,4,9H2,2H3. The molecular formula is C13H18FNO. The maximum absolute atomic E-state index is 12.7. The first-order valence-electron chi connectivity index (χ1n) is 5.46. The predicted octanol–water partition coefficient (Wildman–Crippen LogP) is 2.41. The molecule has 0 fully saturated rings. The SMILES string of the molecule is C=CCNC(CC)C(O)c1ccc(F)cc1. The second-order valence-electron chi connectivity index (χ2n) is 3.71. The smallest absolute Gasteiger partial charge is 0.123 e. The Kier molecular flexibility index (Phi) is 5.15. The zero-order chi connectivity index (χ0) is 12.0. The van der Waals surface area contributed by atoms with Gasteiger partial charge in [0.2, 0.25) is 0 Å². The lowest BCUT2D eigenvalue weighted by atomic mass is 10.0. The average molecular weight is 223 g/mol. The minimum atomic E-state index is -0.620. The predicted molar refractivity (Wildman–Crippen MR) is 63.6 cm³/mol. The zero-order valence-electron chi connectivity index (χ0n) is 9.49. The quantitative estimate of drug-likeness (QED) is 0.726. The topological polar surface area (TPSA) is 32.3 Å². The average Bonchev–Trinajstić information content (AvgIpc) is 2.30. The van der Waals surface area contributed by atoms with E-state index in [9.17, 15) is 9.50 Å². The van der Waals surface area contributed by atoms with Gasteiger partial charge in [-0.1, -0.05) is 25.1 Å². The van der Waals surface area contributed by atoms with Gasteiger partial charge in [-0.15, -0.1) is 6.58 Å². The molecule has 0 saturated carbocycles. The van der Waals surface area contributed by atoms with E-state index < -0.39 is 6.10 Å². The van der Waals surface area contributed by atoms with Crippen molar-refractivity contribution in [2.45, 2.75) is 25.5 Å². The van der Waals surface area contributed by atoms with Crippen molar-refractivity contribution in [1.82, 2.24) is 5.32 Å². The van der Waals surface area contributed by atoms with Gasteiger partial charge >= 0.3 is 0 Å². The fourth-order valence-corrected chi connectivity index (χ4v) is 1.61. The van der Waals surface area contributed by atoms with Crippen molar-refractivity contribution in [3.8, 4) is 0 Å². The molecule has 0 amide bonds. The molecule has 1 aromatic rings. The molecule has 16 heavy (non-hydrogen) atoms. The lowest BCUT2D eigenvalue weighted by Gasteiger charge is -2.22. The second-order valence-corrected chi connectivity index (χ2v) is 3.71. The molecule has 0 aliphatic heterocycles. The van der Waals surface area contributed by atoms with E-state index in [4.69, 9.17) is 0 Å². The van der Waals surface area contributed by atoms with Crippen LogP contribution in [0.5, 0.6) is 0 Å². The molecule has 0 aliphatic rings. The van der Waals surface area contributed by atoms with E-state index in [1.54, 1.807) is 18.2 Å². The minimum Gasteiger partial charge on any atom is -0.387 e. The molecule has 1 rings (SSSR count). The Bertz CT molecular complexity index is 323. The summed E-state index contributed by atoms with van der Waals surface area (Å²) in [5.41, 5.74) is 0.727. The summed E-state index contributed by atoms with van der Waals surface area (Å²) in [6, 6.07) is 5.90. The van der Waals surface area contributed by atoms with Crippen molar-refractivity contribution in [2.24, 2.45) is 0 Å². The van der Waals surface area contributed by atoms with Crippen molar-refractivity contribution in [3.05, 3.63) is 48.3 Å². The van der Waals surface area contributed by atoms with Gasteiger partial charge in [0.1, 0.15) is 5.82 Å². The molecule has 2 nitrogen and oxygen atoms in total. The molecule has 1 aromatic carbocycles. The minimum absolute atomic E-state index is 0.0385. The Labute approximate surface area is 95.8 Å². The largest absolute Gasteiger partial charge is 0.387 e. The van der Waals surface area contributed by atoms with Gasteiger partial charge in [-0.05, 0) is 24.1 Å². The molecule has 88 valence electrons. The number of aliphatic hydroxyl groups is 1. The molecule has 3 heteroatoms. The monoisotopic (exact) mass is 223 g/mol. The first-order chi connectivity index (χ1) is 7.69. The van der Waals surface area contributed by atoms with Gasteiger partial charge in [-0.2, -0.15) is 0 Å². The summed E-state index contributed by atoms with van der Waals surface area (Å²) in [6.45, 7) is 6.26. The zero-order valence-corrected chi connectivity index (χ0v) is 9.49. The van der Waals surface area contributed by atoms with E-state index in [1.165, 1.54) is 12.1 Å². The summed E-state index contributed by atoms with van der Waals surface area (Å²) >= 11 is 0. The van der Waals surface area contributed by atoms with Crippen LogP contribution in [-0.4, -0.2) is 17.7 Å². The van der Waals surface area contributed by atoms with Gasteiger partial charge < -0.3 is 10.4 Å². The van der Waals surface area contributed by atoms with Gasteiger partial charge in [0, 0.05) is 12.6 Å². The van der Waals surface area contributed by atoms with E-state index in [1.807, 2.05) is 6.92 Å². The molecule has 0 bridgehead atoms. The summed E-state index contributed by atoms with van der Waals surface area (Å²) in [7, 11) is 0. The number of rotatable bonds is 6. The highest BCUT2D eigenvalue weighted by Gasteiger charge is 2.17. The number of nitrogens with one attached hydrogen (secondary N) is 1. The van der Waals surface area contributed by atoms with Crippen molar-refractivity contribution in [1.29, 1.82) is 0 Å². The third-order valence-electron chi connectivity index (χ3n) is 2.56. The highest BCUT2D eigenvalue weighted by Crippen LogP contribution is 2.19. The fourth-order valence-electron chi connectivity index (χ4n) is 1.61. The van der Waals surface area contributed by atoms with Crippen LogP contribution < -0.4 is 5.32 Å². The maximum Gasteiger partial charge on any atom is 0.123 e. The molecule has 2 N–H and O–H groups in total. The third-order valence-corrected chi connectivity index (χ3v) is 2.56. The van der Waals surface area contributed by atoms with Crippen LogP contribution in [-0.2, 0) is 0 Å². The molecule has 0 radical (unpaired) electrons. The molecular weight excluding hydrogens is 205 g/mol. The number of hydrogen-bond donors (Lipinski definition) is 2. The second kappa shape index (κ2) is 6.40. The highest BCUT2D eigenvalue weighted by atomic mass is 19.1. The van der Waals surface area contributed by atoms with Crippen LogP contribution >= 0.6 is 0 Å². The molecule has 0 heterocycles. The number of hydrogen-bond acceptors (Lipinski definition) is 2. The van der Waals surface area contributed by atoms with Crippen LogP contribution in [0.15, 0.2) is 36.9 Å². The van der Waals surface area contributed by atoms with E-state index in [2.05, 4.69) is 11.9 Å². The fraction of sp³-hybridized carbons (Fsp3) is 0.385. The molecule has 2 atom stereocenters. The first-order valence-corrected chi connectivity index (χ1v) is 5.46. The summed E-state index contributed by atoms with van der Waals surface area (Å²) in [5, 5.41) is 13.2. The number of aliphatic hydroxyl groups excluding tert-OH is 1. The molecule has 0 aliphatic carbocycles. The van der Waals surface area contributed by atoms with Gasteiger partial charge in [0.05, 0.1) is 6.10 Å². The highest BCUT2D eigenvalue weighted by molar-refractivity contribution is 5.19. The van der Waals surface area contributed by atoms with Crippen LogP contribution in [0.2, 0.25) is 0 Å². The normalized spacial score (nSPS) is 14.4. The Morgan fingerprint density at radius 1 is 1.44 bits per heavy atom. The molecule has 0 aromatic heterocycles.